The Kier molecular flexibility index (Phi) is 8.70. The number of hydrogen-bond donors (Lipinski definition) is 3. The molecule has 0 amide bonds. The van der Waals surface area contributed by atoms with Crippen LogP contribution < -0.4 is 10.0 Å². The summed E-state index contributed by atoms with van der Waals surface area (Å²) in [7, 11) is -3.72. The standard InChI is InChI=1S/C14H23N3O5S/c18-11-10-15-8-3-1-2-4-9-16-23(21,22)14-7-5-6-13(12-14)17(19)20/h5-7,12,15-16,18H,1-4,8-11H2. The fourth-order valence-electron chi connectivity index (χ4n) is 1.99. The average molecular weight is 345 g/mol. The number of sulfonamides is 1. The van der Waals surface area contributed by atoms with Gasteiger partial charge in [0.15, 0.2) is 0 Å². The quantitative estimate of drug-likeness (QED) is 0.295. The smallest absolute Gasteiger partial charge is 0.270 e. The first-order valence-electron chi connectivity index (χ1n) is 7.53. The minimum atomic E-state index is -3.72. The fourth-order valence-corrected chi connectivity index (χ4v) is 3.10. The van der Waals surface area contributed by atoms with Gasteiger partial charge in [-0.05, 0) is 25.5 Å². The van der Waals surface area contributed by atoms with Crippen LogP contribution in [-0.2, 0) is 10.0 Å². The van der Waals surface area contributed by atoms with E-state index in [1.807, 2.05) is 0 Å². The number of aliphatic hydroxyl groups is 1. The Morgan fingerprint density at radius 2 is 1.78 bits per heavy atom. The summed E-state index contributed by atoms with van der Waals surface area (Å²) < 4.78 is 26.5. The lowest BCUT2D eigenvalue weighted by Gasteiger charge is -2.07. The molecule has 0 aliphatic heterocycles. The van der Waals surface area contributed by atoms with E-state index in [1.165, 1.54) is 18.2 Å². The van der Waals surface area contributed by atoms with Gasteiger partial charge in [-0.2, -0.15) is 0 Å². The molecule has 0 radical (unpaired) electrons. The first-order chi connectivity index (χ1) is 11.0. The van der Waals surface area contributed by atoms with E-state index in [4.69, 9.17) is 5.11 Å². The average Bonchev–Trinajstić information content (AvgIpc) is 2.53. The molecule has 0 aliphatic carbocycles. The molecule has 0 aromatic heterocycles. The largest absolute Gasteiger partial charge is 0.395 e. The molecule has 0 aliphatic rings. The molecule has 0 saturated carbocycles. The number of hydrogen-bond acceptors (Lipinski definition) is 6. The highest BCUT2D eigenvalue weighted by molar-refractivity contribution is 7.89. The molecule has 0 unspecified atom stereocenters. The number of unbranched alkanes of at least 4 members (excludes halogenated alkanes) is 3. The van der Waals surface area contributed by atoms with E-state index in [9.17, 15) is 18.5 Å². The predicted molar refractivity (Wildman–Crippen MR) is 86.7 cm³/mol. The Labute approximate surface area is 136 Å². The lowest BCUT2D eigenvalue weighted by atomic mass is 10.2. The molecule has 1 aromatic carbocycles. The van der Waals surface area contributed by atoms with E-state index in [0.29, 0.717) is 19.5 Å². The van der Waals surface area contributed by atoms with E-state index in [-0.39, 0.29) is 17.2 Å². The molecule has 1 rings (SSSR count). The van der Waals surface area contributed by atoms with Crippen molar-refractivity contribution < 1.29 is 18.4 Å². The van der Waals surface area contributed by atoms with Crippen molar-refractivity contribution in [2.75, 3.05) is 26.2 Å². The molecule has 3 N–H and O–H groups in total. The van der Waals surface area contributed by atoms with Gasteiger partial charge in [0.2, 0.25) is 10.0 Å². The van der Waals surface area contributed by atoms with Crippen molar-refractivity contribution in [2.45, 2.75) is 30.6 Å². The maximum absolute atomic E-state index is 12.0. The molecule has 0 bridgehead atoms. The predicted octanol–water partition coefficient (Wildman–Crippen LogP) is 1.02. The number of aliphatic hydroxyl groups excluding tert-OH is 1. The number of non-ortho nitro benzene ring substituents is 1. The SMILES string of the molecule is O=[N+]([O-])c1cccc(S(=O)(=O)NCCCCCCNCCO)c1. The van der Waals surface area contributed by atoms with Gasteiger partial charge in [0.05, 0.1) is 16.4 Å². The van der Waals surface area contributed by atoms with Crippen LogP contribution in [0.5, 0.6) is 0 Å². The highest BCUT2D eigenvalue weighted by Gasteiger charge is 2.16. The maximum Gasteiger partial charge on any atom is 0.270 e. The van der Waals surface area contributed by atoms with E-state index >= 15 is 0 Å². The number of benzene rings is 1. The Balaban J connectivity index is 2.31. The number of nitro benzene ring substituents is 1. The Morgan fingerprint density at radius 1 is 1.09 bits per heavy atom. The first-order valence-corrected chi connectivity index (χ1v) is 9.01. The highest BCUT2D eigenvalue weighted by Crippen LogP contribution is 2.17. The molecule has 9 heteroatoms. The fraction of sp³-hybridized carbons (Fsp3) is 0.571. The number of nitro groups is 1. The third kappa shape index (κ3) is 7.51. The van der Waals surface area contributed by atoms with Gasteiger partial charge in [0.1, 0.15) is 0 Å². The van der Waals surface area contributed by atoms with E-state index in [2.05, 4.69) is 10.0 Å². The first kappa shape index (κ1) is 19.5. The Hall–Kier alpha value is -1.55. The zero-order valence-corrected chi connectivity index (χ0v) is 13.7. The van der Waals surface area contributed by atoms with Crippen LogP contribution in [0.2, 0.25) is 0 Å². The summed E-state index contributed by atoms with van der Waals surface area (Å²) in [4.78, 5) is 9.96. The minimum absolute atomic E-state index is 0.0973. The topological polar surface area (TPSA) is 122 Å². The van der Waals surface area contributed by atoms with Gasteiger partial charge >= 0.3 is 0 Å². The van der Waals surface area contributed by atoms with Crippen molar-refractivity contribution >= 4 is 15.7 Å². The van der Waals surface area contributed by atoms with Crippen LogP contribution in [0.3, 0.4) is 0 Å². The zero-order chi connectivity index (χ0) is 17.1. The van der Waals surface area contributed by atoms with Crippen molar-refractivity contribution in [1.82, 2.24) is 10.0 Å². The number of nitrogens with one attached hydrogen (secondary N) is 2. The zero-order valence-electron chi connectivity index (χ0n) is 12.9. The molecule has 23 heavy (non-hydrogen) atoms. The lowest BCUT2D eigenvalue weighted by molar-refractivity contribution is -0.385. The molecule has 0 heterocycles. The summed E-state index contributed by atoms with van der Waals surface area (Å²) in [5, 5.41) is 22.3. The summed E-state index contributed by atoms with van der Waals surface area (Å²) in [6.45, 7) is 1.84. The highest BCUT2D eigenvalue weighted by atomic mass is 32.2. The van der Waals surface area contributed by atoms with Gasteiger partial charge in [0, 0.05) is 25.2 Å². The summed E-state index contributed by atoms with van der Waals surface area (Å²) in [5.41, 5.74) is -0.247. The molecular formula is C14H23N3O5S. The van der Waals surface area contributed by atoms with Crippen molar-refractivity contribution in [2.24, 2.45) is 0 Å². The van der Waals surface area contributed by atoms with Crippen molar-refractivity contribution in [1.29, 1.82) is 0 Å². The number of nitrogens with zero attached hydrogens (tertiary/aromatic N) is 1. The van der Waals surface area contributed by atoms with Crippen molar-refractivity contribution in [3.05, 3.63) is 34.4 Å². The van der Waals surface area contributed by atoms with E-state index < -0.39 is 14.9 Å². The van der Waals surface area contributed by atoms with Gasteiger partial charge in [-0.15, -0.1) is 0 Å². The van der Waals surface area contributed by atoms with Gasteiger partial charge in [-0.25, -0.2) is 13.1 Å². The third-order valence-corrected chi connectivity index (χ3v) is 4.66. The normalized spacial score (nSPS) is 11.5. The van der Waals surface area contributed by atoms with Gasteiger partial charge in [-0.1, -0.05) is 18.9 Å². The van der Waals surface area contributed by atoms with Crippen LogP contribution in [-0.4, -0.2) is 44.7 Å². The summed E-state index contributed by atoms with van der Waals surface area (Å²) >= 11 is 0. The molecule has 0 saturated heterocycles. The van der Waals surface area contributed by atoms with Crippen LogP contribution in [0.4, 0.5) is 5.69 Å². The molecule has 8 nitrogen and oxygen atoms in total. The second-order valence-electron chi connectivity index (χ2n) is 5.04. The summed E-state index contributed by atoms with van der Waals surface area (Å²) in [6, 6.07) is 4.99. The Bertz CT molecular complexity index is 592. The lowest BCUT2D eigenvalue weighted by Crippen LogP contribution is -2.25. The van der Waals surface area contributed by atoms with Crippen LogP contribution in [0.1, 0.15) is 25.7 Å². The minimum Gasteiger partial charge on any atom is -0.395 e. The van der Waals surface area contributed by atoms with Crippen LogP contribution in [0.25, 0.3) is 0 Å². The van der Waals surface area contributed by atoms with Crippen molar-refractivity contribution in [3.8, 4) is 0 Å². The summed E-state index contributed by atoms with van der Waals surface area (Å²) in [5.74, 6) is 0. The van der Waals surface area contributed by atoms with E-state index in [0.717, 1.165) is 31.9 Å². The maximum atomic E-state index is 12.0. The van der Waals surface area contributed by atoms with Crippen LogP contribution in [0.15, 0.2) is 29.2 Å². The van der Waals surface area contributed by atoms with Crippen LogP contribution >= 0.6 is 0 Å². The van der Waals surface area contributed by atoms with Gasteiger partial charge < -0.3 is 10.4 Å². The van der Waals surface area contributed by atoms with Gasteiger partial charge in [0.25, 0.3) is 5.69 Å². The number of rotatable bonds is 12. The molecule has 0 atom stereocenters. The molecule has 0 spiro atoms. The molecule has 130 valence electrons. The van der Waals surface area contributed by atoms with Crippen LogP contribution in [0, 0.1) is 10.1 Å². The molecule has 0 fully saturated rings. The molecule has 1 aromatic rings. The molecular weight excluding hydrogens is 322 g/mol. The third-order valence-electron chi connectivity index (χ3n) is 3.20. The monoisotopic (exact) mass is 345 g/mol. The Morgan fingerprint density at radius 3 is 2.43 bits per heavy atom. The summed E-state index contributed by atoms with van der Waals surface area (Å²) in [6.07, 6.45) is 3.53. The van der Waals surface area contributed by atoms with Gasteiger partial charge in [-0.3, -0.25) is 10.1 Å². The van der Waals surface area contributed by atoms with Crippen molar-refractivity contribution in [3.63, 3.8) is 0 Å². The second-order valence-corrected chi connectivity index (χ2v) is 6.81. The van der Waals surface area contributed by atoms with E-state index in [1.54, 1.807) is 0 Å². The second kappa shape index (κ2) is 10.3.